The molecule has 2 atom stereocenters. The third-order valence-electron chi connectivity index (χ3n) is 5.38. The number of ether oxygens (including phenoxy) is 1. The number of aryl methyl sites for hydroxylation is 1. The molecule has 2 fully saturated rings. The van der Waals surface area contributed by atoms with Gasteiger partial charge in [-0.3, -0.25) is 9.80 Å². The van der Waals surface area contributed by atoms with Crippen molar-refractivity contribution in [3.05, 3.63) is 47.5 Å². The van der Waals surface area contributed by atoms with Gasteiger partial charge in [-0.1, -0.05) is 6.07 Å². The van der Waals surface area contributed by atoms with E-state index in [0.717, 1.165) is 43.6 Å². The summed E-state index contributed by atoms with van der Waals surface area (Å²) in [7, 11) is 1.70. The number of nitrogens with zero attached hydrogens (tertiary/aromatic N) is 3. The summed E-state index contributed by atoms with van der Waals surface area (Å²) in [6, 6.07) is 9.54. The molecule has 0 aromatic carbocycles. The van der Waals surface area contributed by atoms with Crippen molar-refractivity contribution in [2.24, 2.45) is 0 Å². The van der Waals surface area contributed by atoms with Crippen LogP contribution in [0.25, 0.3) is 0 Å². The van der Waals surface area contributed by atoms with Crippen LogP contribution in [0, 0.1) is 6.92 Å². The fourth-order valence-electron chi connectivity index (χ4n) is 4.27. The fourth-order valence-corrected chi connectivity index (χ4v) is 4.27. The summed E-state index contributed by atoms with van der Waals surface area (Å²) in [4.78, 5) is 9.51. The minimum absolute atomic E-state index is 0.631. The molecule has 0 saturated carbocycles. The zero-order chi connectivity index (χ0) is 16.5. The Labute approximate surface area is 143 Å². The van der Waals surface area contributed by atoms with E-state index in [0.29, 0.717) is 12.1 Å². The van der Waals surface area contributed by atoms with Crippen LogP contribution in [0.1, 0.15) is 29.9 Å². The van der Waals surface area contributed by atoms with Crippen LogP contribution in [0.15, 0.2) is 34.9 Å². The van der Waals surface area contributed by atoms with E-state index in [1.54, 1.807) is 13.3 Å². The van der Waals surface area contributed by atoms with Gasteiger partial charge in [0.15, 0.2) is 0 Å². The van der Waals surface area contributed by atoms with Gasteiger partial charge in [0.25, 0.3) is 0 Å². The third-order valence-corrected chi connectivity index (χ3v) is 5.38. The van der Waals surface area contributed by atoms with Crippen LogP contribution >= 0.6 is 0 Å². The molecule has 0 N–H and O–H groups in total. The van der Waals surface area contributed by atoms with Gasteiger partial charge in [0.2, 0.25) is 5.88 Å². The number of hydrogen-bond donors (Lipinski definition) is 0. The molecule has 0 amide bonds. The van der Waals surface area contributed by atoms with Crippen molar-refractivity contribution in [1.29, 1.82) is 0 Å². The van der Waals surface area contributed by atoms with Gasteiger partial charge in [-0.15, -0.1) is 0 Å². The molecule has 24 heavy (non-hydrogen) atoms. The number of methoxy groups -OCH3 is 1. The topological polar surface area (TPSA) is 41.7 Å². The van der Waals surface area contributed by atoms with Gasteiger partial charge >= 0.3 is 0 Å². The second-order valence-corrected chi connectivity index (χ2v) is 6.84. The Morgan fingerprint density at radius 3 is 2.54 bits per heavy atom. The van der Waals surface area contributed by atoms with E-state index in [1.807, 2.05) is 13.0 Å². The molecule has 2 aliphatic rings. The molecule has 0 spiro atoms. The van der Waals surface area contributed by atoms with Crippen molar-refractivity contribution in [3.8, 4) is 5.88 Å². The molecule has 5 nitrogen and oxygen atoms in total. The maximum absolute atomic E-state index is 5.77. The smallest absolute Gasteiger partial charge is 0.217 e. The molecule has 128 valence electrons. The van der Waals surface area contributed by atoms with Crippen LogP contribution < -0.4 is 4.74 Å². The highest BCUT2D eigenvalue weighted by molar-refractivity contribution is 5.25. The lowest BCUT2D eigenvalue weighted by atomic mass is 10.1. The largest absolute Gasteiger partial charge is 0.481 e. The molecule has 2 aromatic heterocycles. The molecule has 2 aliphatic heterocycles. The normalized spacial score (nSPS) is 24.4. The summed E-state index contributed by atoms with van der Waals surface area (Å²) in [6.07, 6.45) is 4.25. The average Bonchev–Trinajstić information content (AvgIpc) is 3.28. The zero-order valence-electron chi connectivity index (χ0n) is 14.4. The van der Waals surface area contributed by atoms with Crippen LogP contribution in [0.4, 0.5) is 0 Å². The summed E-state index contributed by atoms with van der Waals surface area (Å²) in [5.74, 6) is 2.83. The summed E-state index contributed by atoms with van der Waals surface area (Å²) in [6.45, 7) is 6.15. The lowest BCUT2D eigenvalue weighted by Crippen LogP contribution is -2.36. The van der Waals surface area contributed by atoms with Gasteiger partial charge in [-0.2, -0.15) is 0 Å². The molecular weight excluding hydrogens is 302 g/mol. The predicted molar refractivity (Wildman–Crippen MR) is 91.9 cm³/mol. The molecule has 0 aliphatic carbocycles. The lowest BCUT2D eigenvalue weighted by Gasteiger charge is -2.25. The molecule has 0 bridgehead atoms. The Morgan fingerprint density at radius 1 is 1.12 bits per heavy atom. The van der Waals surface area contributed by atoms with Crippen molar-refractivity contribution < 1.29 is 9.15 Å². The van der Waals surface area contributed by atoms with Crippen molar-refractivity contribution >= 4 is 0 Å². The van der Waals surface area contributed by atoms with E-state index < -0.39 is 0 Å². The quantitative estimate of drug-likeness (QED) is 0.845. The van der Waals surface area contributed by atoms with Gasteiger partial charge in [-0.25, -0.2) is 4.98 Å². The summed E-state index contributed by atoms with van der Waals surface area (Å²) in [5.41, 5.74) is 1.18. The number of rotatable bonds is 5. The summed E-state index contributed by atoms with van der Waals surface area (Å²) < 4.78 is 11.2. The summed E-state index contributed by atoms with van der Waals surface area (Å²) >= 11 is 0. The van der Waals surface area contributed by atoms with E-state index in [4.69, 9.17) is 9.15 Å². The second kappa shape index (κ2) is 6.57. The van der Waals surface area contributed by atoms with E-state index in [1.165, 1.54) is 18.4 Å². The Kier molecular flexibility index (Phi) is 4.29. The van der Waals surface area contributed by atoms with E-state index in [2.05, 4.69) is 33.0 Å². The number of aromatic nitrogens is 1. The predicted octanol–water partition coefficient (Wildman–Crippen LogP) is 2.84. The Bertz CT molecular complexity index is 699. The number of hydrogen-bond acceptors (Lipinski definition) is 5. The molecular formula is C19H25N3O2. The SMILES string of the molecule is COc1ncccc1CN1CC[C@H]2[C@H]1CCN2Cc1ccc(C)o1. The Balaban J connectivity index is 1.42. The van der Waals surface area contributed by atoms with Crippen molar-refractivity contribution in [3.63, 3.8) is 0 Å². The molecule has 2 saturated heterocycles. The highest BCUT2D eigenvalue weighted by Crippen LogP contribution is 2.34. The number of fused-ring (bicyclic) bond motifs is 1. The Hall–Kier alpha value is -1.85. The van der Waals surface area contributed by atoms with E-state index >= 15 is 0 Å². The standard InChI is InChI=1S/C19H25N3O2/c1-14-5-6-16(24-14)13-22-11-8-17-18(22)7-10-21(17)12-15-4-3-9-20-19(15)23-2/h3-6,9,17-18H,7-8,10-13H2,1-2H3/t17-,18+/m1/s1. The minimum atomic E-state index is 0.631. The van der Waals surface area contributed by atoms with Gasteiger partial charge in [0.1, 0.15) is 11.5 Å². The van der Waals surface area contributed by atoms with Crippen LogP contribution in [-0.2, 0) is 13.1 Å². The van der Waals surface area contributed by atoms with Crippen LogP contribution in [0.2, 0.25) is 0 Å². The first kappa shape index (κ1) is 15.7. The van der Waals surface area contributed by atoms with Gasteiger partial charge < -0.3 is 9.15 Å². The Morgan fingerprint density at radius 2 is 1.88 bits per heavy atom. The van der Waals surface area contributed by atoms with Gasteiger partial charge in [0, 0.05) is 43.5 Å². The highest BCUT2D eigenvalue weighted by atomic mass is 16.5. The first-order chi connectivity index (χ1) is 11.7. The number of furan rings is 1. The molecule has 0 unspecified atom stereocenters. The van der Waals surface area contributed by atoms with Crippen LogP contribution in [0.3, 0.4) is 0 Å². The molecule has 4 heterocycles. The van der Waals surface area contributed by atoms with Crippen LogP contribution in [-0.4, -0.2) is 47.1 Å². The number of pyridine rings is 1. The first-order valence-corrected chi connectivity index (χ1v) is 8.76. The zero-order valence-corrected chi connectivity index (χ0v) is 14.4. The van der Waals surface area contributed by atoms with Crippen molar-refractivity contribution in [2.75, 3.05) is 20.2 Å². The first-order valence-electron chi connectivity index (χ1n) is 8.76. The molecule has 5 heteroatoms. The average molecular weight is 327 g/mol. The second-order valence-electron chi connectivity index (χ2n) is 6.84. The van der Waals surface area contributed by atoms with E-state index in [-0.39, 0.29) is 0 Å². The van der Waals surface area contributed by atoms with Crippen molar-refractivity contribution in [1.82, 2.24) is 14.8 Å². The lowest BCUT2D eigenvalue weighted by molar-refractivity contribution is 0.201. The maximum atomic E-state index is 5.77. The summed E-state index contributed by atoms with van der Waals surface area (Å²) in [5, 5.41) is 0. The fraction of sp³-hybridized carbons (Fsp3) is 0.526. The van der Waals surface area contributed by atoms with Crippen molar-refractivity contribution in [2.45, 2.75) is 44.9 Å². The van der Waals surface area contributed by atoms with E-state index in [9.17, 15) is 0 Å². The monoisotopic (exact) mass is 327 g/mol. The van der Waals surface area contributed by atoms with Gasteiger partial charge in [-0.05, 0) is 38.0 Å². The number of likely N-dealkylation sites (tertiary alicyclic amines) is 2. The molecule has 2 aromatic rings. The molecule has 4 rings (SSSR count). The van der Waals surface area contributed by atoms with Crippen LogP contribution in [0.5, 0.6) is 5.88 Å². The maximum Gasteiger partial charge on any atom is 0.217 e. The van der Waals surface area contributed by atoms with Gasteiger partial charge in [0.05, 0.1) is 13.7 Å². The third kappa shape index (κ3) is 2.94. The minimum Gasteiger partial charge on any atom is -0.481 e. The highest BCUT2D eigenvalue weighted by Gasteiger charge is 2.42. The molecule has 0 radical (unpaired) electrons.